The van der Waals surface area contributed by atoms with Crippen LogP contribution in [0.3, 0.4) is 0 Å². The van der Waals surface area contributed by atoms with Gasteiger partial charge in [-0.25, -0.2) is 4.98 Å². The third-order valence-corrected chi connectivity index (χ3v) is 4.86. The third kappa shape index (κ3) is 3.23. The van der Waals surface area contributed by atoms with E-state index in [0.717, 1.165) is 0 Å². The molecule has 1 aromatic heterocycles. The molecular weight excluding hydrogens is 283 g/mol. The molecule has 0 radical (unpaired) electrons. The van der Waals surface area contributed by atoms with Gasteiger partial charge in [0.2, 0.25) is 11.3 Å². The number of anilines is 1. The van der Waals surface area contributed by atoms with Crippen molar-refractivity contribution in [2.45, 2.75) is 20.8 Å². The maximum atomic E-state index is 12.9. The Labute approximate surface area is 118 Å². The summed E-state index contributed by atoms with van der Waals surface area (Å²) >= 11 is 0. The summed E-state index contributed by atoms with van der Waals surface area (Å²) < 4.78 is 34.5. The molecular formula is C12H21N2O5P. The van der Waals surface area contributed by atoms with E-state index in [0.29, 0.717) is 38.1 Å². The van der Waals surface area contributed by atoms with Gasteiger partial charge in [0.15, 0.2) is 5.89 Å². The first-order valence-corrected chi connectivity index (χ1v) is 8.34. The summed E-state index contributed by atoms with van der Waals surface area (Å²) in [5.41, 5.74) is 0.264. The molecule has 1 aliphatic rings. The molecule has 2 rings (SSSR count). The zero-order valence-electron chi connectivity index (χ0n) is 12.1. The van der Waals surface area contributed by atoms with Crippen LogP contribution in [0.1, 0.15) is 19.7 Å². The summed E-state index contributed by atoms with van der Waals surface area (Å²) in [6.07, 6.45) is 0. The van der Waals surface area contributed by atoms with Gasteiger partial charge in [-0.3, -0.25) is 4.57 Å². The molecule has 0 spiro atoms. The first-order valence-electron chi connectivity index (χ1n) is 6.80. The number of hydrogen-bond acceptors (Lipinski definition) is 7. The molecule has 20 heavy (non-hydrogen) atoms. The second-order valence-electron chi connectivity index (χ2n) is 4.29. The Bertz CT molecular complexity index is 474. The van der Waals surface area contributed by atoms with Crippen LogP contribution in [-0.4, -0.2) is 44.5 Å². The fourth-order valence-electron chi connectivity index (χ4n) is 2.06. The monoisotopic (exact) mass is 304 g/mol. The molecule has 0 saturated carbocycles. The molecule has 0 aromatic carbocycles. The third-order valence-electron chi connectivity index (χ3n) is 2.85. The standard InChI is InChI=1S/C12H21N2O5P/c1-4-17-20(15,18-5-2)11-12(19-10(3)13-11)14-6-8-16-9-7-14/h4-9H2,1-3H3. The maximum Gasteiger partial charge on any atom is 0.385 e. The molecule has 1 aliphatic heterocycles. The number of aryl methyl sites for hydroxylation is 1. The van der Waals surface area contributed by atoms with Gasteiger partial charge in [0, 0.05) is 20.0 Å². The van der Waals surface area contributed by atoms with Crippen LogP contribution in [0.4, 0.5) is 5.88 Å². The van der Waals surface area contributed by atoms with Crippen molar-refractivity contribution in [3.63, 3.8) is 0 Å². The maximum absolute atomic E-state index is 12.9. The van der Waals surface area contributed by atoms with E-state index in [1.165, 1.54) is 0 Å². The fraction of sp³-hybridized carbons (Fsp3) is 0.750. The van der Waals surface area contributed by atoms with Gasteiger partial charge >= 0.3 is 7.60 Å². The SMILES string of the molecule is CCOP(=O)(OCC)c1nc(C)oc1N1CCOCC1. The van der Waals surface area contributed by atoms with E-state index in [-0.39, 0.29) is 18.6 Å². The topological polar surface area (TPSA) is 74.0 Å². The van der Waals surface area contributed by atoms with Gasteiger partial charge in [0.25, 0.3) is 0 Å². The van der Waals surface area contributed by atoms with E-state index in [4.69, 9.17) is 18.2 Å². The van der Waals surface area contributed by atoms with Crippen LogP contribution in [0.2, 0.25) is 0 Å². The molecule has 0 bridgehead atoms. The molecule has 8 heteroatoms. The lowest BCUT2D eigenvalue weighted by Crippen LogP contribution is -2.38. The Morgan fingerprint density at radius 2 is 1.85 bits per heavy atom. The largest absolute Gasteiger partial charge is 0.424 e. The Morgan fingerprint density at radius 1 is 1.25 bits per heavy atom. The quantitative estimate of drug-likeness (QED) is 0.741. The van der Waals surface area contributed by atoms with Crippen LogP contribution in [0.5, 0.6) is 0 Å². The second kappa shape index (κ2) is 6.72. The summed E-state index contributed by atoms with van der Waals surface area (Å²) in [4.78, 5) is 6.19. The highest BCUT2D eigenvalue weighted by molar-refractivity contribution is 7.62. The summed E-state index contributed by atoms with van der Waals surface area (Å²) in [5, 5.41) is 0. The molecule has 2 heterocycles. The highest BCUT2D eigenvalue weighted by Gasteiger charge is 2.37. The molecule has 7 nitrogen and oxygen atoms in total. The minimum absolute atomic E-state index is 0.264. The summed E-state index contributed by atoms with van der Waals surface area (Å²) in [6, 6.07) is 0. The summed E-state index contributed by atoms with van der Waals surface area (Å²) in [7, 11) is -3.44. The Hall–Kier alpha value is -0.880. The van der Waals surface area contributed by atoms with Crippen molar-refractivity contribution < 1.29 is 22.8 Å². The molecule has 1 aromatic rings. The first-order chi connectivity index (χ1) is 9.60. The minimum atomic E-state index is -3.44. The van der Waals surface area contributed by atoms with Gasteiger partial charge in [0.1, 0.15) is 0 Å². The molecule has 1 fully saturated rings. The van der Waals surface area contributed by atoms with Gasteiger partial charge in [0.05, 0.1) is 26.4 Å². The lowest BCUT2D eigenvalue weighted by molar-refractivity contribution is 0.120. The zero-order valence-corrected chi connectivity index (χ0v) is 13.0. The highest BCUT2D eigenvalue weighted by atomic mass is 31.2. The van der Waals surface area contributed by atoms with Crippen LogP contribution in [0.25, 0.3) is 0 Å². The predicted molar refractivity (Wildman–Crippen MR) is 74.8 cm³/mol. The molecule has 0 unspecified atom stereocenters. The molecule has 0 aliphatic carbocycles. The van der Waals surface area contributed by atoms with Gasteiger partial charge in [-0.15, -0.1) is 0 Å². The van der Waals surface area contributed by atoms with Gasteiger partial charge < -0.3 is 23.1 Å². The van der Waals surface area contributed by atoms with Crippen molar-refractivity contribution in [3.8, 4) is 0 Å². The van der Waals surface area contributed by atoms with E-state index >= 15 is 0 Å². The number of aromatic nitrogens is 1. The number of rotatable bonds is 6. The van der Waals surface area contributed by atoms with E-state index < -0.39 is 7.60 Å². The fourth-order valence-corrected chi connectivity index (χ4v) is 3.74. The normalized spacial score (nSPS) is 16.6. The summed E-state index contributed by atoms with van der Waals surface area (Å²) in [5.74, 6) is 0.914. The lowest BCUT2D eigenvalue weighted by atomic mass is 10.4. The van der Waals surface area contributed by atoms with Gasteiger partial charge in [-0.2, -0.15) is 0 Å². The van der Waals surface area contributed by atoms with Crippen LogP contribution < -0.4 is 10.3 Å². The smallest absolute Gasteiger partial charge is 0.385 e. The molecule has 0 N–H and O–H groups in total. The van der Waals surface area contributed by atoms with Crippen molar-refractivity contribution in [1.29, 1.82) is 0 Å². The predicted octanol–water partition coefficient (Wildman–Crippen LogP) is 1.71. The number of oxazole rings is 1. The molecule has 0 amide bonds. The van der Waals surface area contributed by atoms with Crippen molar-refractivity contribution in [1.82, 2.24) is 4.98 Å². The van der Waals surface area contributed by atoms with Gasteiger partial charge in [-0.05, 0) is 13.8 Å². The number of hydrogen-bond donors (Lipinski definition) is 0. The Balaban J connectivity index is 2.36. The van der Waals surface area contributed by atoms with E-state index in [9.17, 15) is 4.57 Å². The van der Waals surface area contributed by atoms with Crippen LogP contribution in [-0.2, 0) is 18.3 Å². The number of nitrogens with zero attached hydrogens (tertiary/aromatic N) is 2. The number of ether oxygens (including phenoxy) is 1. The van der Waals surface area contributed by atoms with Crippen molar-refractivity contribution in [3.05, 3.63) is 5.89 Å². The molecule has 0 atom stereocenters. The lowest BCUT2D eigenvalue weighted by Gasteiger charge is -2.27. The zero-order chi connectivity index (χ0) is 14.6. The van der Waals surface area contributed by atoms with Crippen molar-refractivity contribution in [2.75, 3.05) is 44.4 Å². The van der Waals surface area contributed by atoms with E-state index in [1.807, 2.05) is 4.90 Å². The summed E-state index contributed by atoms with van der Waals surface area (Å²) in [6.45, 7) is 8.37. The Morgan fingerprint density at radius 3 is 2.40 bits per heavy atom. The van der Waals surface area contributed by atoms with Crippen LogP contribution >= 0.6 is 7.60 Å². The molecule has 1 saturated heterocycles. The van der Waals surface area contributed by atoms with Crippen LogP contribution in [0, 0.1) is 6.92 Å². The van der Waals surface area contributed by atoms with Gasteiger partial charge in [-0.1, -0.05) is 0 Å². The average molecular weight is 304 g/mol. The first kappa shape index (κ1) is 15.5. The second-order valence-corrected chi connectivity index (χ2v) is 6.23. The van der Waals surface area contributed by atoms with Crippen molar-refractivity contribution in [2.24, 2.45) is 0 Å². The van der Waals surface area contributed by atoms with E-state index in [2.05, 4.69) is 4.98 Å². The van der Waals surface area contributed by atoms with Crippen LogP contribution in [0.15, 0.2) is 4.42 Å². The molecule has 114 valence electrons. The van der Waals surface area contributed by atoms with Crippen molar-refractivity contribution >= 4 is 18.9 Å². The number of morpholine rings is 1. The van der Waals surface area contributed by atoms with E-state index in [1.54, 1.807) is 20.8 Å². The average Bonchev–Trinajstić information content (AvgIpc) is 2.83. The minimum Gasteiger partial charge on any atom is -0.424 e. The highest BCUT2D eigenvalue weighted by Crippen LogP contribution is 2.49. The Kier molecular flexibility index (Phi) is 5.21.